The van der Waals surface area contributed by atoms with E-state index in [0.717, 1.165) is 10.3 Å². The molecule has 1 amide bonds. The van der Waals surface area contributed by atoms with Crippen molar-refractivity contribution in [2.75, 3.05) is 0 Å². The molecule has 0 aliphatic heterocycles. The Morgan fingerprint density at radius 3 is 2.56 bits per heavy atom. The van der Waals surface area contributed by atoms with Gasteiger partial charge in [0.1, 0.15) is 0 Å². The van der Waals surface area contributed by atoms with Gasteiger partial charge in [0.15, 0.2) is 0 Å². The van der Waals surface area contributed by atoms with Crippen LogP contribution >= 0.6 is 11.6 Å². The van der Waals surface area contributed by atoms with Crippen LogP contribution in [0.3, 0.4) is 0 Å². The quantitative estimate of drug-likeness (QED) is 0.501. The molecule has 1 rings (SSSR count). The molecular weight excluding hydrogens is 313 g/mol. The number of allylic oxidation sites excluding steroid dienone is 1. The van der Waals surface area contributed by atoms with Crippen LogP contribution in [0.5, 0.6) is 0 Å². The molecule has 0 bridgehead atoms. The average molecular weight is 327 g/mol. The fourth-order valence-corrected chi connectivity index (χ4v) is 3.34. The summed E-state index contributed by atoms with van der Waals surface area (Å²) in [4.78, 5) is 11.2. The number of amides is 1. The fraction of sp³-hybridized carbons (Fsp3) is 0.214. The molecular formula is C14H14ClNOSe. The predicted octanol–water partition coefficient (Wildman–Crippen LogP) is 1.91. The monoisotopic (exact) mass is 327 g/mol. The second kappa shape index (κ2) is 7.28. The van der Waals surface area contributed by atoms with Crippen molar-refractivity contribution < 1.29 is 4.79 Å². The molecule has 0 fully saturated rings. The normalized spacial score (nSPS) is 11.6. The van der Waals surface area contributed by atoms with Crippen molar-refractivity contribution in [3.63, 3.8) is 0 Å². The number of halogens is 1. The molecule has 94 valence electrons. The number of terminal acetylenes is 1. The van der Waals surface area contributed by atoms with Gasteiger partial charge in [0.2, 0.25) is 0 Å². The number of carbonyl (C=O) groups excluding carboxylic acids is 1. The number of hydrogen-bond acceptors (Lipinski definition) is 1. The van der Waals surface area contributed by atoms with E-state index in [9.17, 15) is 4.79 Å². The van der Waals surface area contributed by atoms with Gasteiger partial charge < -0.3 is 0 Å². The molecule has 4 heteroatoms. The van der Waals surface area contributed by atoms with Crippen LogP contribution in [0.4, 0.5) is 0 Å². The molecule has 0 heterocycles. The molecule has 0 spiro atoms. The Balaban J connectivity index is 2.58. The number of carbonyl (C=O) groups is 1. The number of benzene rings is 1. The van der Waals surface area contributed by atoms with Gasteiger partial charge in [-0.3, -0.25) is 0 Å². The summed E-state index contributed by atoms with van der Waals surface area (Å²) in [6.07, 6.45) is 5.92. The number of hydrogen-bond donors (Lipinski definition) is 1. The van der Waals surface area contributed by atoms with E-state index in [4.69, 9.17) is 23.8 Å². The van der Waals surface area contributed by atoms with E-state index >= 15 is 0 Å². The van der Waals surface area contributed by atoms with Gasteiger partial charge in [0.25, 0.3) is 0 Å². The molecule has 0 unspecified atom stereocenters. The van der Waals surface area contributed by atoms with Crippen molar-refractivity contribution in [1.29, 1.82) is 0 Å². The molecule has 0 aromatic heterocycles. The van der Waals surface area contributed by atoms with Crippen LogP contribution in [-0.4, -0.2) is 20.9 Å². The summed E-state index contributed by atoms with van der Waals surface area (Å²) in [7, 11) is 0. The predicted molar refractivity (Wildman–Crippen MR) is 77.0 cm³/mol. The minimum absolute atomic E-state index is 0.292. The standard InChI is InChI=1S/C14H14ClNOSe/c1-3-10(2)13(14(16)17)8-9-18-12-6-4-11(15)5-7-12/h1,4-7H,8-9H2,2H3,(H2,16,17)/b13-10-. The van der Waals surface area contributed by atoms with E-state index < -0.39 is 5.91 Å². The number of rotatable bonds is 5. The SMILES string of the molecule is C#C/C(C)=C(/CC[Se]c1ccc(Cl)cc1)C(N)=O. The number of primary amides is 1. The summed E-state index contributed by atoms with van der Waals surface area (Å²) in [6.45, 7) is 1.75. The van der Waals surface area contributed by atoms with E-state index in [1.54, 1.807) is 6.92 Å². The minimum atomic E-state index is -0.419. The van der Waals surface area contributed by atoms with E-state index in [1.807, 2.05) is 24.3 Å². The molecule has 2 N–H and O–H groups in total. The van der Waals surface area contributed by atoms with Gasteiger partial charge in [-0.25, -0.2) is 0 Å². The van der Waals surface area contributed by atoms with Crippen LogP contribution < -0.4 is 10.2 Å². The Kier molecular flexibility index (Phi) is 6.01. The fourth-order valence-electron chi connectivity index (χ4n) is 1.38. The zero-order chi connectivity index (χ0) is 13.5. The third-order valence-electron chi connectivity index (χ3n) is 2.40. The summed E-state index contributed by atoms with van der Waals surface area (Å²) < 4.78 is 1.24. The molecule has 0 aliphatic rings. The van der Waals surface area contributed by atoms with Crippen molar-refractivity contribution in [3.8, 4) is 12.3 Å². The average Bonchev–Trinajstić information content (AvgIpc) is 2.35. The Morgan fingerprint density at radius 2 is 2.06 bits per heavy atom. The summed E-state index contributed by atoms with van der Waals surface area (Å²) in [6, 6.07) is 7.75. The second-order valence-corrected chi connectivity index (χ2v) is 6.55. The molecule has 0 saturated heterocycles. The van der Waals surface area contributed by atoms with Gasteiger partial charge in [-0.1, -0.05) is 0 Å². The maximum absolute atomic E-state index is 11.2. The topological polar surface area (TPSA) is 43.1 Å². The summed E-state index contributed by atoms with van der Waals surface area (Å²) in [5.74, 6) is 2.05. The van der Waals surface area contributed by atoms with E-state index in [0.29, 0.717) is 32.5 Å². The molecule has 18 heavy (non-hydrogen) atoms. The van der Waals surface area contributed by atoms with Crippen LogP contribution in [0.25, 0.3) is 0 Å². The van der Waals surface area contributed by atoms with E-state index in [2.05, 4.69) is 5.92 Å². The van der Waals surface area contributed by atoms with Crippen molar-refractivity contribution in [3.05, 3.63) is 40.4 Å². The zero-order valence-electron chi connectivity index (χ0n) is 10.1. The van der Waals surface area contributed by atoms with Crippen LogP contribution in [0.15, 0.2) is 35.4 Å². The molecule has 0 saturated carbocycles. The molecule has 2 nitrogen and oxygen atoms in total. The van der Waals surface area contributed by atoms with Gasteiger partial charge >= 0.3 is 119 Å². The Morgan fingerprint density at radius 1 is 1.44 bits per heavy atom. The Bertz CT molecular complexity index is 500. The third kappa shape index (κ3) is 4.58. The Hall–Kier alpha value is -1.20. The van der Waals surface area contributed by atoms with Crippen LogP contribution in [0.1, 0.15) is 13.3 Å². The first-order chi connectivity index (χ1) is 8.54. The molecule has 0 radical (unpaired) electrons. The summed E-state index contributed by atoms with van der Waals surface area (Å²) in [5.41, 5.74) is 6.51. The molecule has 1 aromatic carbocycles. The van der Waals surface area contributed by atoms with Crippen molar-refractivity contribution in [2.45, 2.75) is 18.7 Å². The van der Waals surface area contributed by atoms with Crippen LogP contribution in [0.2, 0.25) is 10.3 Å². The summed E-state index contributed by atoms with van der Waals surface area (Å²) in [5, 5.41) is 1.63. The molecule has 1 aromatic rings. The van der Waals surface area contributed by atoms with Crippen molar-refractivity contribution >= 4 is 36.9 Å². The van der Waals surface area contributed by atoms with Crippen molar-refractivity contribution in [2.24, 2.45) is 5.73 Å². The zero-order valence-corrected chi connectivity index (χ0v) is 12.5. The first-order valence-corrected chi connectivity index (χ1v) is 7.83. The first kappa shape index (κ1) is 14.9. The van der Waals surface area contributed by atoms with Gasteiger partial charge in [0, 0.05) is 0 Å². The first-order valence-electron chi connectivity index (χ1n) is 5.39. The van der Waals surface area contributed by atoms with Gasteiger partial charge in [-0.05, 0) is 0 Å². The number of nitrogens with two attached hydrogens (primary N) is 1. The Labute approximate surface area is 119 Å². The van der Waals surface area contributed by atoms with Crippen molar-refractivity contribution in [1.82, 2.24) is 0 Å². The maximum atomic E-state index is 11.2. The van der Waals surface area contributed by atoms with Gasteiger partial charge in [0.05, 0.1) is 0 Å². The van der Waals surface area contributed by atoms with Gasteiger partial charge in [-0.2, -0.15) is 0 Å². The van der Waals surface area contributed by atoms with E-state index in [1.165, 1.54) is 4.46 Å². The second-order valence-electron chi connectivity index (χ2n) is 3.66. The molecule has 0 aliphatic carbocycles. The van der Waals surface area contributed by atoms with E-state index in [-0.39, 0.29) is 0 Å². The molecule has 0 atom stereocenters. The van der Waals surface area contributed by atoms with Crippen LogP contribution in [-0.2, 0) is 4.79 Å². The van der Waals surface area contributed by atoms with Gasteiger partial charge in [-0.15, -0.1) is 0 Å². The van der Waals surface area contributed by atoms with Crippen LogP contribution in [0, 0.1) is 12.3 Å². The summed E-state index contributed by atoms with van der Waals surface area (Å²) >= 11 is 6.11. The third-order valence-corrected chi connectivity index (χ3v) is 4.78.